The van der Waals surface area contributed by atoms with Crippen LogP contribution in [0, 0.1) is 6.92 Å². The molecule has 0 radical (unpaired) electrons. The van der Waals surface area contributed by atoms with Crippen LogP contribution in [0.3, 0.4) is 0 Å². The summed E-state index contributed by atoms with van der Waals surface area (Å²) in [5, 5.41) is 8.21. The van der Waals surface area contributed by atoms with Crippen LogP contribution in [-0.4, -0.2) is 43.9 Å². The van der Waals surface area contributed by atoms with Crippen LogP contribution in [0.1, 0.15) is 26.4 Å². The molecule has 0 bridgehead atoms. The van der Waals surface area contributed by atoms with E-state index in [0.717, 1.165) is 9.60 Å². The summed E-state index contributed by atoms with van der Waals surface area (Å²) < 4.78 is 2.40. The zero-order valence-electron chi connectivity index (χ0n) is 16.1. The fraction of sp³-hybridized carbons (Fsp3) is 0.0952. The number of thiazole rings is 1. The maximum absolute atomic E-state index is 12.7. The van der Waals surface area contributed by atoms with Crippen molar-refractivity contribution in [3.05, 3.63) is 70.4 Å². The Morgan fingerprint density at radius 2 is 1.81 bits per heavy atom. The van der Waals surface area contributed by atoms with Crippen molar-refractivity contribution in [2.75, 3.05) is 11.9 Å². The Kier molecular flexibility index (Phi) is 4.57. The third-order valence-corrected chi connectivity index (χ3v) is 6.12. The fourth-order valence-corrected chi connectivity index (χ4v) is 4.67. The van der Waals surface area contributed by atoms with Crippen LogP contribution < -0.4 is 5.32 Å². The number of aryl methyl sites for hydroxylation is 1. The van der Waals surface area contributed by atoms with E-state index in [1.165, 1.54) is 16.0 Å². The average Bonchev–Trinajstić information content (AvgIpc) is 3.40. The molecule has 0 saturated carbocycles. The number of aromatic nitrogens is 3. The first kappa shape index (κ1) is 19.4. The number of rotatable bonds is 4. The van der Waals surface area contributed by atoms with Gasteiger partial charge >= 0.3 is 0 Å². The van der Waals surface area contributed by atoms with Crippen molar-refractivity contribution in [1.29, 1.82) is 0 Å². The normalized spacial score (nSPS) is 13.2. The van der Waals surface area contributed by atoms with Gasteiger partial charge in [0.05, 0.1) is 26.5 Å². The molecule has 0 fully saturated rings. The standard InChI is InChI=1S/C21H14ClN5O3S/c1-11-9-16(27(25-11)21-24-18-14(22)7-4-8-15(18)31-21)23-17(28)10-26-19(29)12-5-2-3-6-13(12)20(26)30/h2-9H,10H2,1H3,(H,23,28). The lowest BCUT2D eigenvalue weighted by molar-refractivity contribution is -0.116. The van der Waals surface area contributed by atoms with Crippen LogP contribution in [0.5, 0.6) is 0 Å². The second-order valence-corrected chi connectivity index (χ2v) is 8.37. The zero-order valence-corrected chi connectivity index (χ0v) is 17.7. The van der Waals surface area contributed by atoms with Crippen molar-refractivity contribution in [2.45, 2.75) is 6.92 Å². The Bertz CT molecular complexity index is 1360. The van der Waals surface area contributed by atoms with E-state index in [9.17, 15) is 14.4 Å². The van der Waals surface area contributed by atoms with Crippen LogP contribution in [0.4, 0.5) is 5.82 Å². The molecule has 5 rings (SSSR count). The topological polar surface area (TPSA) is 97.2 Å². The third-order valence-electron chi connectivity index (χ3n) is 4.82. The molecule has 0 saturated heterocycles. The molecule has 31 heavy (non-hydrogen) atoms. The summed E-state index contributed by atoms with van der Waals surface area (Å²) >= 11 is 7.60. The zero-order chi connectivity index (χ0) is 21.7. The van der Waals surface area contributed by atoms with Crippen LogP contribution in [-0.2, 0) is 4.79 Å². The molecule has 2 aromatic heterocycles. The minimum absolute atomic E-state index is 0.299. The number of imide groups is 1. The molecule has 1 aliphatic rings. The highest BCUT2D eigenvalue weighted by Gasteiger charge is 2.36. The van der Waals surface area contributed by atoms with E-state index in [1.54, 1.807) is 43.3 Å². The number of benzene rings is 2. The molecule has 0 atom stereocenters. The number of carbonyl (C=O) groups is 3. The lowest BCUT2D eigenvalue weighted by Gasteiger charge is -2.13. The first-order chi connectivity index (χ1) is 14.9. The highest BCUT2D eigenvalue weighted by Crippen LogP contribution is 2.31. The van der Waals surface area contributed by atoms with Crippen LogP contribution in [0.25, 0.3) is 15.3 Å². The van der Waals surface area contributed by atoms with Gasteiger partial charge in [0.15, 0.2) is 0 Å². The maximum Gasteiger partial charge on any atom is 0.262 e. The van der Waals surface area contributed by atoms with E-state index in [2.05, 4.69) is 15.4 Å². The Hall–Kier alpha value is -3.56. The Labute approximate surface area is 185 Å². The molecule has 0 spiro atoms. The van der Waals surface area contributed by atoms with Gasteiger partial charge in [-0.25, -0.2) is 4.98 Å². The molecule has 1 aliphatic heterocycles. The quantitative estimate of drug-likeness (QED) is 0.477. The average molecular weight is 452 g/mol. The second kappa shape index (κ2) is 7.29. The van der Waals surface area contributed by atoms with Crippen molar-refractivity contribution >= 4 is 56.7 Å². The SMILES string of the molecule is Cc1cc(NC(=O)CN2C(=O)c3ccccc3C2=O)n(-c2nc3c(Cl)cccc3s2)n1. The van der Waals surface area contributed by atoms with Gasteiger partial charge in [-0.2, -0.15) is 9.78 Å². The highest BCUT2D eigenvalue weighted by atomic mass is 35.5. The smallest absolute Gasteiger partial charge is 0.262 e. The summed E-state index contributed by atoms with van der Waals surface area (Å²) in [6.45, 7) is 1.39. The first-order valence-corrected chi connectivity index (χ1v) is 10.5. The third kappa shape index (κ3) is 3.28. The fourth-order valence-electron chi connectivity index (χ4n) is 3.44. The van der Waals surface area contributed by atoms with Gasteiger partial charge in [-0.05, 0) is 31.2 Å². The van der Waals surface area contributed by atoms with Gasteiger partial charge in [0.1, 0.15) is 17.9 Å². The summed E-state index contributed by atoms with van der Waals surface area (Å²) in [7, 11) is 0. The largest absolute Gasteiger partial charge is 0.309 e. The molecular formula is C21H14ClN5O3S. The van der Waals surface area contributed by atoms with E-state index >= 15 is 0 Å². The van der Waals surface area contributed by atoms with Crippen LogP contribution in [0.15, 0.2) is 48.5 Å². The second-order valence-electron chi connectivity index (χ2n) is 6.96. The first-order valence-electron chi connectivity index (χ1n) is 9.29. The Morgan fingerprint density at radius 1 is 1.10 bits per heavy atom. The van der Waals surface area contributed by atoms with Crippen molar-refractivity contribution in [3.8, 4) is 5.13 Å². The van der Waals surface area contributed by atoms with Gasteiger partial charge < -0.3 is 5.32 Å². The predicted molar refractivity (Wildman–Crippen MR) is 117 cm³/mol. The molecule has 2 aromatic carbocycles. The number of anilines is 1. The maximum atomic E-state index is 12.7. The highest BCUT2D eigenvalue weighted by molar-refractivity contribution is 7.20. The van der Waals surface area contributed by atoms with E-state index in [0.29, 0.717) is 38.3 Å². The van der Waals surface area contributed by atoms with E-state index in [1.807, 2.05) is 12.1 Å². The molecule has 154 valence electrons. The minimum atomic E-state index is -0.519. The van der Waals surface area contributed by atoms with Crippen molar-refractivity contribution in [3.63, 3.8) is 0 Å². The number of fused-ring (bicyclic) bond motifs is 2. The monoisotopic (exact) mass is 451 g/mol. The lowest BCUT2D eigenvalue weighted by atomic mass is 10.1. The van der Waals surface area contributed by atoms with Crippen LogP contribution >= 0.6 is 22.9 Å². The van der Waals surface area contributed by atoms with Gasteiger partial charge in [0.25, 0.3) is 11.8 Å². The Balaban J connectivity index is 1.40. The molecule has 3 heterocycles. The predicted octanol–water partition coefficient (Wildman–Crippen LogP) is 3.68. The number of para-hydroxylation sites is 1. The molecule has 0 unspecified atom stereocenters. The van der Waals surface area contributed by atoms with Crippen molar-refractivity contribution < 1.29 is 14.4 Å². The molecule has 10 heteroatoms. The number of carbonyl (C=O) groups excluding carboxylic acids is 3. The van der Waals surface area contributed by atoms with Gasteiger partial charge in [0, 0.05) is 6.07 Å². The van der Waals surface area contributed by atoms with Gasteiger partial charge in [-0.1, -0.05) is 41.1 Å². The minimum Gasteiger partial charge on any atom is -0.309 e. The number of hydrogen-bond donors (Lipinski definition) is 1. The van der Waals surface area contributed by atoms with Gasteiger partial charge in [-0.3, -0.25) is 19.3 Å². The molecule has 8 nitrogen and oxygen atoms in total. The summed E-state index contributed by atoms with van der Waals surface area (Å²) in [5.41, 5.74) is 1.92. The van der Waals surface area contributed by atoms with Crippen molar-refractivity contribution in [2.24, 2.45) is 0 Å². The molecule has 4 aromatic rings. The lowest BCUT2D eigenvalue weighted by Crippen LogP contribution is -2.37. The summed E-state index contributed by atoms with van der Waals surface area (Å²) in [6.07, 6.45) is 0. The summed E-state index contributed by atoms with van der Waals surface area (Å²) in [4.78, 5) is 43.2. The number of amides is 3. The number of halogens is 1. The van der Waals surface area contributed by atoms with Gasteiger partial charge in [-0.15, -0.1) is 0 Å². The van der Waals surface area contributed by atoms with Gasteiger partial charge in [0.2, 0.25) is 11.0 Å². The van der Waals surface area contributed by atoms with E-state index in [4.69, 9.17) is 11.6 Å². The van der Waals surface area contributed by atoms with E-state index in [-0.39, 0.29) is 0 Å². The molecule has 3 amide bonds. The summed E-state index contributed by atoms with van der Waals surface area (Å²) in [6, 6.07) is 13.7. The van der Waals surface area contributed by atoms with E-state index < -0.39 is 24.3 Å². The number of nitrogens with one attached hydrogen (secondary N) is 1. The number of hydrogen-bond acceptors (Lipinski definition) is 6. The Morgan fingerprint density at radius 3 is 2.48 bits per heavy atom. The van der Waals surface area contributed by atoms with Crippen molar-refractivity contribution in [1.82, 2.24) is 19.7 Å². The summed E-state index contributed by atoms with van der Waals surface area (Å²) in [5.74, 6) is -1.11. The molecule has 1 N–H and O–H groups in total. The van der Waals surface area contributed by atoms with Crippen LogP contribution in [0.2, 0.25) is 5.02 Å². The molecular weight excluding hydrogens is 438 g/mol. The molecule has 0 aliphatic carbocycles. The number of nitrogens with zero attached hydrogens (tertiary/aromatic N) is 4.